The Bertz CT molecular complexity index is 835. The fourth-order valence-electron chi connectivity index (χ4n) is 3.14. The predicted molar refractivity (Wildman–Crippen MR) is 85.3 cm³/mol. The summed E-state index contributed by atoms with van der Waals surface area (Å²) >= 11 is 0. The van der Waals surface area contributed by atoms with Crippen molar-refractivity contribution in [2.75, 3.05) is 6.61 Å². The first-order valence-corrected chi connectivity index (χ1v) is 8.81. The Labute approximate surface area is 134 Å². The van der Waals surface area contributed by atoms with Gasteiger partial charge in [-0.2, -0.15) is 0 Å². The zero-order valence-corrected chi connectivity index (χ0v) is 13.4. The second-order valence-electron chi connectivity index (χ2n) is 6.08. The normalized spacial score (nSPS) is 27.0. The Kier molecular flexibility index (Phi) is 3.78. The molecule has 122 valence electrons. The molecule has 0 amide bonds. The molecule has 1 saturated carbocycles. The molecular weight excluding hydrogens is 317 g/mol. The van der Waals surface area contributed by atoms with E-state index >= 15 is 0 Å². The van der Waals surface area contributed by atoms with Crippen molar-refractivity contribution >= 4 is 9.84 Å². The highest BCUT2D eigenvalue weighted by Gasteiger charge is 2.69. The molecule has 0 heterocycles. The molecular formula is C17H18FNO3S. The molecule has 1 aliphatic carbocycles. The SMILES string of the molecule is Cc1ccc(S(=O)(=O)[C@H]2[C@H](c3cccc(F)c3)[C@@]2(N)CO)cc1. The Hall–Kier alpha value is -1.76. The first kappa shape index (κ1) is 16.1. The standard InChI is InChI=1S/C17H18FNO3S/c1-11-5-7-14(8-6-11)23(21,22)16-15(17(16,19)10-20)12-3-2-4-13(18)9-12/h2-9,15-16,20H,10,19H2,1H3/t15-,16-,17-/m0/s1. The van der Waals surface area contributed by atoms with E-state index in [1.165, 1.54) is 30.3 Å². The molecule has 2 aromatic carbocycles. The van der Waals surface area contributed by atoms with E-state index in [0.29, 0.717) is 5.56 Å². The van der Waals surface area contributed by atoms with Gasteiger partial charge in [0, 0.05) is 5.92 Å². The summed E-state index contributed by atoms with van der Waals surface area (Å²) in [5.41, 5.74) is 6.26. The van der Waals surface area contributed by atoms with Crippen LogP contribution in [-0.2, 0) is 9.84 Å². The van der Waals surface area contributed by atoms with Gasteiger partial charge in [0.1, 0.15) is 5.82 Å². The monoisotopic (exact) mass is 335 g/mol. The van der Waals surface area contributed by atoms with Gasteiger partial charge >= 0.3 is 0 Å². The van der Waals surface area contributed by atoms with E-state index in [9.17, 15) is 17.9 Å². The van der Waals surface area contributed by atoms with E-state index in [0.717, 1.165) is 5.56 Å². The van der Waals surface area contributed by atoms with Crippen LogP contribution >= 0.6 is 0 Å². The third-order valence-electron chi connectivity index (χ3n) is 4.47. The molecule has 0 saturated heterocycles. The van der Waals surface area contributed by atoms with Gasteiger partial charge < -0.3 is 10.8 Å². The summed E-state index contributed by atoms with van der Waals surface area (Å²) in [6.07, 6.45) is 0. The minimum Gasteiger partial charge on any atom is -0.394 e. The number of halogens is 1. The first-order chi connectivity index (χ1) is 10.8. The van der Waals surface area contributed by atoms with Gasteiger partial charge in [-0.1, -0.05) is 29.8 Å². The number of nitrogens with two attached hydrogens (primary N) is 1. The van der Waals surface area contributed by atoms with Crippen LogP contribution in [0.2, 0.25) is 0 Å². The second kappa shape index (κ2) is 5.40. The number of hydrogen-bond donors (Lipinski definition) is 2. The van der Waals surface area contributed by atoms with Crippen LogP contribution in [0.4, 0.5) is 4.39 Å². The lowest BCUT2D eigenvalue weighted by Crippen LogP contribution is -2.35. The third-order valence-corrected chi connectivity index (χ3v) is 6.78. The minimum atomic E-state index is -3.72. The Morgan fingerprint density at radius 1 is 1.22 bits per heavy atom. The second-order valence-corrected chi connectivity index (χ2v) is 8.15. The fourth-order valence-corrected chi connectivity index (χ4v) is 5.44. The molecule has 3 rings (SSSR count). The Balaban J connectivity index is 2.03. The van der Waals surface area contributed by atoms with Crippen LogP contribution in [0.3, 0.4) is 0 Å². The molecule has 3 N–H and O–H groups in total. The third kappa shape index (κ3) is 2.56. The van der Waals surface area contributed by atoms with Crippen LogP contribution in [-0.4, -0.2) is 30.9 Å². The summed E-state index contributed by atoms with van der Waals surface area (Å²) < 4.78 is 39.2. The lowest BCUT2D eigenvalue weighted by atomic mass is 10.1. The van der Waals surface area contributed by atoms with Crippen LogP contribution in [0.5, 0.6) is 0 Å². The molecule has 0 spiro atoms. The van der Waals surface area contributed by atoms with Crippen molar-refractivity contribution in [3.05, 3.63) is 65.5 Å². The highest BCUT2D eigenvalue weighted by molar-refractivity contribution is 7.92. The lowest BCUT2D eigenvalue weighted by Gasteiger charge is -2.08. The smallest absolute Gasteiger partial charge is 0.183 e. The highest BCUT2D eigenvalue weighted by atomic mass is 32.2. The Morgan fingerprint density at radius 3 is 2.43 bits per heavy atom. The van der Waals surface area contributed by atoms with Crippen molar-refractivity contribution in [2.45, 2.75) is 28.5 Å². The minimum absolute atomic E-state index is 0.162. The van der Waals surface area contributed by atoms with Crippen molar-refractivity contribution in [3.8, 4) is 0 Å². The van der Waals surface area contributed by atoms with E-state index in [1.54, 1.807) is 18.2 Å². The van der Waals surface area contributed by atoms with Crippen molar-refractivity contribution in [3.63, 3.8) is 0 Å². The summed E-state index contributed by atoms with van der Waals surface area (Å²) in [6, 6.07) is 12.2. The van der Waals surface area contributed by atoms with E-state index in [4.69, 9.17) is 5.73 Å². The number of sulfone groups is 1. The molecule has 4 nitrogen and oxygen atoms in total. The van der Waals surface area contributed by atoms with Gasteiger partial charge in [0.05, 0.1) is 22.3 Å². The fraction of sp³-hybridized carbons (Fsp3) is 0.294. The van der Waals surface area contributed by atoms with E-state index in [1.807, 2.05) is 6.92 Å². The molecule has 1 aliphatic rings. The van der Waals surface area contributed by atoms with Gasteiger partial charge in [0.15, 0.2) is 9.84 Å². The number of aliphatic hydroxyl groups is 1. The molecule has 0 unspecified atom stereocenters. The van der Waals surface area contributed by atoms with Crippen molar-refractivity contribution < 1.29 is 17.9 Å². The summed E-state index contributed by atoms with van der Waals surface area (Å²) in [7, 11) is -3.72. The van der Waals surface area contributed by atoms with E-state index < -0.39 is 39.0 Å². The molecule has 0 radical (unpaired) electrons. The molecule has 0 aromatic heterocycles. The van der Waals surface area contributed by atoms with Gasteiger partial charge in [-0.25, -0.2) is 12.8 Å². The van der Waals surface area contributed by atoms with Crippen LogP contribution in [0.25, 0.3) is 0 Å². The number of aliphatic hydroxyl groups excluding tert-OH is 1. The topological polar surface area (TPSA) is 80.4 Å². The van der Waals surface area contributed by atoms with Crippen LogP contribution in [0.1, 0.15) is 17.0 Å². The largest absolute Gasteiger partial charge is 0.394 e. The van der Waals surface area contributed by atoms with Gasteiger partial charge in [-0.15, -0.1) is 0 Å². The molecule has 1 fully saturated rings. The lowest BCUT2D eigenvalue weighted by molar-refractivity contribution is 0.253. The quantitative estimate of drug-likeness (QED) is 0.892. The molecule has 2 aromatic rings. The van der Waals surface area contributed by atoms with E-state index in [-0.39, 0.29) is 4.90 Å². The van der Waals surface area contributed by atoms with Crippen LogP contribution in [0.15, 0.2) is 53.4 Å². The molecule has 0 aliphatic heterocycles. The zero-order chi connectivity index (χ0) is 16.8. The van der Waals surface area contributed by atoms with Gasteiger partial charge in [0.2, 0.25) is 0 Å². The van der Waals surface area contributed by atoms with Crippen LogP contribution in [0, 0.1) is 12.7 Å². The molecule has 3 atom stereocenters. The average molecular weight is 335 g/mol. The van der Waals surface area contributed by atoms with Gasteiger partial charge in [-0.3, -0.25) is 0 Å². The maximum Gasteiger partial charge on any atom is 0.183 e. The summed E-state index contributed by atoms with van der Waals surface area (Å²) in [6.45, 7) is 1.38. The molecule has 6 heteroatoms. The molecule has 0 bridgehead atoms. The van der Waals surface area contributed by atoms with Gasteiger partial charge in [-0.05, 0) is 36.8 Å². The van der Waals surface area contributed by atoms with E-state index in [2.05, 4.69) is 0 Å². The number of rotatable bonds is 4. The summed E-state index contributed by atoms with van der Waals surface area (Å²) in [5, 5.41) is 8.64. The first-order valence-electron chi connectivity index (χ1n) is 7.26. The average Bonchev–Trinajstić information content (AvgIpc) is 3.15. The summed E-state index contributed by atoms with van der Waals surface area (Å²) in [5.74, 6) is -1.09. The van der Waals surface area contributed by atoms with Crippen molar-refractivity contribution in [1.82, 2.24) is 0 Å². The maximum atomic E-state index is 13.4. The van der Waals surface area contributed by atoms with Crippen molar-refractivity contribution in [1.29, 1.82) is 0 Å². The Morgan fingerprint density at radius 2 is 1.87 bits per heavy atom. The maximum absolute atomic E-state index is 13.4. The van der Waals surface area contributed by atoms with Gasteiger partial charge in [0.25, 0.3) is 0 Å². The number of aryl methyl sites for hydroxylation is 1. The van der Waals surface area contributed by atoms with Crippen LogP contribution < -0.4 is 5.73 Å². The predicted octanol–water partition coefficient (Wildman–Crippen LogP) is 1.76. The number of benzene rings is 2. The number of hydrogen-bond acceptors (Lipinski definition) is 4. The molecule has 23 heavy (non-hydrogen) atoms. The van der Waals surface area contributed by atoms with Crippen molar-refractivity contribution in [2.24, 2.45) is 5.73 Å². The highest BCUT2D eigenvalue weighted by Crippen LogP contribution is 2.55. The summed E-state index contributed by atoms with van der Waals surface area (Å²) in [4.78, 5) is 0.162. The zero-order valence-electron chi connectivity index (χ0n) is 12.6.